The van der Waals surface area contributed by atoms with Gasteiger partial charge in [0.25, 0.3) is 0 Å². The van der Waals surface area contributed by atoms with Crippen molar-refractivity contribution in [3.63, 3.8) is 0 Å². The zero-order valence-electron chi connectivity index (χ0n) is 12.5. The van der Waals surface area contributed by atoms with Crippen molar-refractivity contribution in [3.8, 4) is 0 Å². The third-order valence-corrected chi connectivity index (χ3v) is 6.81. The van der Waals surface area contributed by atoms with Crippen LogP contribution in [0.1, 0.15) is 56.4 Å². The molecule has 3 nitrogen and oxygen atoms in total. The minimum Gasteiger partial charge on any atom is -0.215 e. The first-order valence-electron chi connectivity index (χ1n) is 8.18. The molecule has 1 aromatic carbocycles. The summed E-state index contributed by atoms with van der Waals surface area (Å²) in [7, 11) is -3.01. The number of hydrogen-bond acceptors (Lipinski definition) is 2. The van der Waals surface area contributed by atoms with Crippen LogP contribution in [-0.4, -0.2) is 20.2 Å². The van der Waals surface area contributed by atoms with Crippen LogP contribution in [0.4, 0.5) is 0 Å². The van der Waals surface area contributed by atoms with Crippen molar-refractivity contribution in [1.29, 1.82) is 0 Å². The molecule has 0 aromatic heterocycles. The normalized spacial score (nSPS) is 27.2. The highest BCUT2D eigenvalue weighted by molar-refractivity contribution is 7.90. The highest BCUT2D eigenvalue weighted by atomic mass is 32.2. The number of hydrogen-bond donors (Lipinski definition) is 1. The summed E-state index contributed by atoms with van der Waals surface area (Å²) in [5.74, 6) is 1.16. The summed E-state index contributed by atoms with van der Waals surface area (Å²) in [6.07, 6.45) is 7.58. The van der Waals surface area contributed by atoms with Crippen molar-refractivity contribution in [3.05, 3.63) is 35.9 Å². The Morgan fingerprint density at radius 2 is 1.71 bits per heavy atom. The van der Waals surface area contributed by atoms with Crippen molar-refractivity contribution in [2.24, 2.45) is 5.92 Å². The molecule has 116 valence electrons. The summed E-state index contributed by atoms with van der Waals surface area (Å²) in [4.78, 5) is 0. The van der Waals surface area contributed by atoms with Crippen molar-refractivity contribution in [1.82, 2.24) is 4.72 Å². The molecule has 4 heteroatoms. The number of sulfonamides is 1. The quantitative estimate of drug-likeness (QED) is 0.847. The molecule has 0 heterocycles. The lowest BCUT2D eigenvalue weighted by atomic mass is 9.91. The molecule has 2 aliphatic carbocycles. The third-order valence-electron chi connectivity index (χ3n) is 4.90. The van der Waals surface area contributed by atoms with E-state index in [0.29, 0.717) is 18.4 Å². The lowest BCUT2D eigenvalue weighted by Crippen LogP contribution is -2.31. The summed E-state index contributed by atoms with van der Waals surface area (Å²) in [5, 5.41) is -0.0969. The van der Waals surface area contributed by atoms with Gasteiger partial charge in [0.2, 0.25) is 10.0 Å². The molecule has 0 aliphatic heterocycles. The van der Waals surface area contributed by atoms with Crippen LogP contribution in [0.3, 0.4) is 0 Å². The van der Waals surface area contributed by atoms with E-state index in [2.05, 4.69) is 35.1 Å². The van der Waals surface area contributed by atoms with Gasteiger partial charge in [0.1, 0.15) is 0 Å². The summed E-state index contributed by atoms with van der Waals surface area (Å²) in [5.41, 5.74) is 1.44. The van der Waals surface area contributed by atoms with E-state index in [0.717, 1.165) is 25.7 Å². The maximum Gasteiger partial charge on any atom is 0.214 e. The van der Waals surface area contributed by atoms with Crippen molar-refractivity contribution >= 4 is 10.0 Å². The van der Waals surface area contributed by atoms with E-state index in [-0.39, 0.29) is 5.25 Å². The molecular weight excluding hydrogens is 282 g/mol. The predicted molar refractivity (Wildman–Crippen MR) is 85.7 cm³/mol. The first kappa shape index (κ1) is 15.0. The average Bonchev–Trinajstić information content (AvgIpc) is 3.33. The number of rotatable bonds is 5. The maximum absolute atomic E-state index is 11.9. The number of nitrogens with one attached hydrogen (secondary N) is 1. The molecule has 1 aromatic rings. The van der Waals surface area contributed by atoms with Crippen molar-refractivity contribution in [2.45, 2.75) is 56.1 Å². The lowest BCUT2D eigenvalue weighted by Gasteiger charge is -2.16. The molecule has 2 fully saturated rings. The average molecular weight is 307 g/mol. The van der Waals surface area contributed by atoms with Crippen LogP contribution in [0.15, 0.2) is 30.3 Å². The van der Waals surface area contributed by atoms with Crippen LogP contribution in [0.5, 0.6) is 0 Å². The van der Waals surface area contributed by atoms with E-state index in [1.165, 1.54) is 24.8 Å². The minimum atomic E-state index is -3.01. The van der Waals surface area contributed by atoms with Gasteiger partial charge in [0.05, 0.1) is 5.25 Å². The fourth-order valence-electron chi connectivity index (χ4n) is 3.37. The van der Waals surface area contributed by atoms with Crippen LogP contribution >= 0.6 is 0 Å². The van der Waals surface area contributed by atoms with E-state index in [1.54, 1.807) is 0 Å². The van der Waals surface area contributed by atoms with E-state index in [1.807, 2.05) is 0 Å². The first-order valence-corrected chi connectivity index (χ1v) is 9.73. The highest BCUT2D eigenvalue weighted by Crippen LogP contribution is 2.34. The minimum absolute atomic E-state index is 0.0969. The fourth-order valence-corrected chi connectivity index (χ4v) is 4.83. The molecule has 0 amide bonds. The summed E-state index contributed by atoms with van der Waals surface area (Å²) in [6, 6.07) is 10.7. The Morgan fingerprint density at radius 3 is 2.43 bits per heavy atom. The van der Waals surface area contributed by atoms with Gasteiger partial charge in [-0.05, 0) is 55.9 Å². The Hall–Kier alpha value is -0.870. The zero-order valence-corrected chi connectivity index (χ0v) is 13.3. The Kier molecular flexibility index (Phi) is 4.65. The SMILES string of the molecule is O=S(=O)(NCC1CCCC(c2ccccc2)CC1)C1CC1. The monoisotopic (exact) mass is 307 g/mol. The predicted octanol–water partition coefficient (Wildman–Crippen LogP) is 3.43. The lowest BCUT2D eigenvalue weighted by molar-refractivity contribution is 0.448. The van der Waals surface area contributed by atoms with Gasteiger partial charge in [0.15, 0.2) is 0 Å². The molecule has 2 saturated carbocycles. The smallest absolute Gasteiger partial charge is 0.214 e. The van der Waals surface area contributed by atoms with Crippen LogP contribution < -0.4 is 4.72 Å². The van der Waals surface area contributed by atoms with Crippen LogP contribution in [-0.2, 0) is 10.0 Å². The molecule has 2 unspecified atom stereocenters. The van der Waals surface area contributed by atoms with Gasteiger partial charge in [-0.15, -0.1) is 0 Å². The van der Waals surface area contributed by atoms with Gasteiger partial charge in [-0.1, -0.05) is 36.8 Å². The number of benzene rings is 1. The van der Waals surface area contributed by atoms with Gasteiger partial charge in [-0.25, -0.2) is 13.1 Å². The molecule has 2 aliphatic rings. The maximum atomic E-state index is 11.9. The van der Waals surface area contributed by atoms with Crippen LogP contribution in [0.2, 0.25) is 0 Å². The zero-order chi connectivity index (χ0) is 14.7. The van der Waals surface area contributed by atoms with Crippen molar-refractivity contribution < 1.29 is 8.42 Å². The van der Waals surface area contributed by atoms with Crippen LogP contribution in [0.25, 0.3) is 0 Å². The molecule has 1 N–H and O–H groups in total. The first-order chi connectivity index (χ1) is 10.1. The molecule has 0 bridgehead atoms. The van der Waals surface area contributed by atoms with Gasteiger partial charge < -0.3 is 0 Å². The second-order valence-corrected chi connectivity index (χ2v) is 8.62. The molecular formula is C17H25NO2S. The second-order valence-electron chi connectivity index (χ2n) is 6.57. The standard InChI is InChI=1S/C17H25NO2S/c19-21(20,17-11-12-17)18-13-14-5-4-8-16(10-9-14)15-6-2-1-3-7-15/h1-3,6-7,14,16-18H,4-5,8-13H2. The summed E-state index contributed by atoms with van der Waals surface area (Å²) < 4.78 is 26.6. The van der Waals surface area contributed by atoms with Gasteiger partial charge in [-0.2, -0.15) is 0 Å². The Balaban J connectivity index is 1.51. The second kappa shape index (κ2) is 6.49. The molecule has 3 rings (SSSR count). The van der Waals surface area contributed by atoms with E-state index in [9.17, 15) is 8.42 Å². The molecule has 0 spiro atoms. The molecule has 21 heavy (non-hydrogen) atoms. The Labute approximate surface area is 128 Å². The van der Waals surface area contributed by atoms with E-state index in [4.69, 9.17) is 0 Å². The molecule has 2 atom stereocenters. The van der Waals surface area contributed by atoms with Gasteiger partial charge in [-0.3, -0.25) is 0 Å². The largest absolute Gasteiger partial charge is 0.215 e. The third kappa shape index (κ3) is 4.07. The van der Waals surface area contributed by atoms with Crippen molar-refractivity contribution in [2.75, 3.05) is 6.54 Å². The summed E-state index contributed by atoms with van der Waals surface area (Å²) >= 11 is 0. The highest BCUT2D eigenvalue weighted by Gasteiger charge is 2.35. The fraction of sp³-hybridized carbons (Fsp3) is 0.647. The van der Waals surface area contributed by atoms with E-state index < -0.39 is 10.0 Å². The Bertz CT molecular complexity index is 551. The van der Waals surface area contributed by atoms with Gasteiger partial charge >= 0.3 is 0 Å². The Morgan fingerprint density at radius 1 is 0.952 bits per heavy atom. The summed E-state index contributed by atoms with van der Waals surface area (Å²) in [6.45, 7) is 0.639. The topological polar surface area (TPSA) is 46.2 Å². The van der Waals surface area contributed by atoms with Gasteiger partial charge in [0, 0.05) is 6.54 Å². The van der Waals surface area contributed by atoms with E-state index >= 15 is 0 Å². The molecule has 0 radical (unpaired) electrons. The molecule has 0 saturated heterocycles. The van der Waals surface area contributed by atoms with Crippen LogP contribution in [0, 0.1) is 5.92 Å².